The third-order valence-electron chi connectivity index (χ3n) is 8.52. The highest BCUT2D eigenvalue weighted by Crippen LogP contribution is 2.47. The minimum absolute atomic E-state index is 0.0240. The number of carboxylic acids is 1. The number of rotatable bonds is 6. The Morgan fingerprint density at radius 3 is 2.42 bits per heavy atom. The van der Waals surface area contributed by atoms with Crippen molar-refractivity contribution in [3.05, 3.63) is 57.2 Å². The van der Waals surface area contributed by atoms with Gasteiger partial charge in [-0.1, -0.05) is 39.8 Å². The maximum absolute atomic E-state index is 12.9. The highest BCUT2D eigenvalue weighted by molar-refractivity contribution is 7.10. The van der Waals surface area contributed by atoms with Gasteiger partial charge in [0.25, 0.3) is 0 Å². The van der Waals surface area contributed by atoms with Crippen LogP contribution in [-0.2, 0) is 33.4 Å². The molecule has 0 radical (unpaired) electrons. The summed E-state index contributed by atoms with van der Waals surface area (Å²) in [5, 5.41) is 16.6. The van der Waals surface area contributed by atoms with Crippen LogP contribution in [0.4, 0.5) is 0 Å². The van der Waals surface area contributed by atoms with E-state index in [0.29, 0.717) is 24.7 Å². The fourth-order valence-electron chi connectivity index (χ4n) is 5.94. The second-order valence-corrected chi connectivity index (χ2v) is 13.1. The lowest BCUT2D eigenvalue weighted by atomic mass is 9.63. The van der Waals surface area contributed by atoms with E-state index in [1.54, 1.807) is 22.1 Å². The largest absolute Gasteiger partial charge is 0.481 e. The maximum atomic E-state index is 12.9. The van der Waals surface area contributed by atoms with E-state index in [0.717, 1.165) is 29.2 Å². The Labute approximate surface area is 228 Å². The Morgan fingerprint density at radius 2 is 1.74 bits per heavy atom. The Morgan fingerprint density at radius 1 is 1.05 bits per heavy atom. The molecule has 38 heavy (non-hydrogen) atoms. The number of aliphatic carboxylic acids is 1. The van der Waals surface area contributed by atoms with Gasteiger partial charge in [0.1, 0.15) is 6.54 Å². The first kappa shape index (κ1) is 26.6. The van der Waals surface area contributed by atoms with E-state index in [-0.39, 0.29) is 29.7 Å². The summed E-state index contributed by atoms with van der Waals surface area (Å²) in [7, 11) is 0. The van der Waals surface area contributed by atoms with Gasteiger partial charge in [-0.05, 0) is 66.7 Å². The van der Waals surface area contributed by atoms with Crippen LogP contribution in [0.1, 0.15) is 86.8 Å². The standard InChI is InChI=1S/C30H38N4O3S/c1-19-14-22(16-27(36)37)32-34(19)17-26(35)33-12-8-20(9-13-33)28-31-25(18-38-28)21-6-7-23-24(15-21)30(4,5)11-10-29(23,2)3/h6-7,14-15,18,20H,8-13,16-17H2,1-5H3,(H,36,37). The van der Waals surface area contributed by atoms with Crippen molar-refractivity contribution >= 4 is 23.2 Å². The zero-order chi connectivity index (χ0) is 27.2. The molecule has 1 N–H and O–H groups in total. The first-order valence-corrected chi connectivity index (χ1v) is 14.4. The molecular formula is C30H38N4O3S. The van der Waals surface area contributed by atoms with Gasteiger partial charge in [-0.3, -0.25) is 14.3 Å². The molecule has 0 bridgehead atoms. The van der Waals surface area contributed by atoms with Gasteiger partial charge in [-0.2, -0.15) is 5.10 Å². The molecule has 7 nitrogen and oxygen atoms in total. The molecule has 8 heteroatoms. The first-order chi connectivity index (χ1) is 17.9. The summed E-state index contributed by atoms with van der Waals surface area (Å²) in [5.74, 6) is -0.539. The predicted molar refractivity (Wildman–Crippen MR) is 150 cm³/mol. The zero-order valence-electron chi connectivity index (χ0n) is 23.1. The van der Waals surface area contributed by atoms with Crippen LogP contribution in [-0.4, -0.2) is 49.7 Å². The lowest BCUT2D eigenvalue weighted by Crippen LogP contribution is -2.40. The fraction of sp³-hybridized carbons (Fsp3) is 0.533. The molecule has 0 atom stereocenters. The van der Waals surface area contributed by atoms with Gasteiger partial charge in [0, 0.05) is 35.6 Å². The summed E-state index contributed by atoms with van der Waals surface area (Å²) in [6.07, 6.45) is 4.06. The van der Waals surface area contributed by atoms with Gasteiger partial charge in [-0.25, -0.2) is 4.98 Å². The highest BCUT2D eigenvalue weighted by atomic mass is 32.1. The minimum atomic E-state index is -0.923. The van der Waals surface area contributed by atoms with Crippen LogP contribution in [0, 0.1) is 6.92 Å². The molecule has 3 heterocycles. The summed E-state index contributed by atoms with van der Waals surface area (Å²) < 4.78 is 1.61. The predicted octanol–water partition coefficient (Wildman–Crippen LogP) is 5.70. The van der Waals surface area contributed by atoms with Crippen molar-refractivity contribution in [3.8, 4) is 11.3 Å². The molecular weight excluding hydrogens is 496 g/mol. The zero-order valence-corrected chi connectivity index (χ0v) is 23.9. The van der Waals surface area contributed by atoms with E-state index in [4.69, 9.17) is 10.1 Å². The van der Waals surface area contributed by atoms with E-state index in [2.05, 4.69) is 56.4 Å². The van der Waals surface area contributed by atoms with E-state index in [1.165, 1.54) is 29.5 Å². The normalized spacial score (nSPS) is 18.8. The van der Waals surface area contributed by atoms with Crippen molar-refractivity contribution in [1.82, 2.24) is 19.7 Å². The second kappa shape index (κ2) is 9.95. The Hall–Kier alpha value is -3.00. The number of carboxylic acid groups (broad SMARTS) is 1. The molecule has 0 unspecified atom stereocenters. The molecule has 1 aliphatic carbocycles. The molecule has 0 saturated carbocycles. The van der Waals surface area contributed by atoms with Gasteiger partial charge < -0.3 is 10.0 Å². The van der Waals surface area contributed by atoms with Gasteiger partial charge in [-0.15, -0.1) is 11.3 Å². The van der Waals surface area contributed by atoms with Gasteiger partial charge in [0.15, 0.2) is 0 Å². The summed E-state index contributed by atoms with van der Waals surface area (Å²) >= 11 is 1.73. The number of nitrogens with zero attached hydrogens (tertiary/aromatic N) is 4. The van der Waals surface area contributed by atoms with E-state index < -0.39 is 5.97 Å². The van der Waals surface area contributed by atoms with Crippen LogP contribution in [0.2, 0.25) is 0 Å². The number of fused-ring (bicyclic) bond motifs is 1. The average Bonchev–Trinajstić information content (AvgIpc) is 3.48. The SMILES string of the molecule is Cc1cc(CC(=O)O)nn1CC(=O)N1CCC(c2nc(-c3ccc4c(c3)C(C)(C)CCC4(C)C)cs2)CC1. The monoisotopic (exact) mass is 534 g/mol. The van der Waals surface area contributed by atoms with Crippen molar-refractivity contribution in [1.29, 1.82) is 0 Å². The van der Waals surface area contributed by atoms with Crippen molar-refractivity contribution in [2.45, 2.75) is 90.0 Å². The molecule has 0 spiro atoms. The molecule has 2 aromatic heterocycles. The van der Waals surface area contributed by atoms with E-state index in [1.807, 2.05) is 11.8 Å². The average molecular weight is 535 g/mol. The number of amides is 1. The molecule has 1 saturated heterocycles. The molecule has 1 aliphatic heterocycles. The topological polar surface area (TPSA) is 88.3 Å². The van der Waals surface area contributed by atoms with Crippen LogP contribution >= 0.6 is 11.3 Å². The summed E-state index contributed by atoms with van der Waals surface area (Å²) in [6, 6.07) is 8.66. The van der Waals surface area contributed by atoms with Crippen molar-refractivity contribution in [2.75, 3.05) is 13.1 Å². The molecule has 1 aromatic carbocycles. The number of hydrogen-bond acceptors (Lipinski definition) is 5. The van der Waals surface area contributed by atoms with Crippen LogP contribution in [0.5, 0.6) is 0 Å². The van der Waals surface area contributed by atoms with Crippen molar-refractivity contribution in [3.63, 3.8) is 0 Å². The van der Waals surface area contributed by atoms with Crippen LogP contribution in [0.3, 0.4) is 0 Å². The molecule has 2 aliphatic rings. The van der Waals surface area contributed by atoms with E-state index in [9.17, 15) is 9.59 Å². The van der Waals surface area contributed by atoms with Crippen molar-refractivity contribution in [2.24, 2.45) is 0 Å². The fourth-order valence-corrected chi connectivity index (χ4v) is 6.94. The Kier molecular flexibility index (Phi) is 6.97. The summed E-state index contributed by atoms with van der Waals surface area (Å²) in [4.78, 5) is 30.9. The second-order valence-electron chi connectivity index (χ2n) is 12.3. The smallest absolute Gasteiger partial charge is 0.309 e. The number of carbonyl (C=O) groups is 2. The van der Waals surface area contributed by atoms with E-state index >= 15 is 0 Å². The van der Waals surface area contributed by atoms with Crippen LogP contribution in [0.25, 0.3) is 11.3 Å². The highest BCUT2D eigenvalue weighted by Gasteiger charge is 2.37. The minimum Gasteiger partial charge on any atom is -0.481 e. The Balaban J connectivity index is 1.23. The quantitative estimate of drug-likeness (QED) is 0.438. The lowest BCUT2D eigenvalue weighted by molar-refractivity contribution is -0.136. The lowest BCUT2D eigenvalue weighted by Gasteiger charge is -2.42. The molecule has 3 aromatic rings. The van der Waals surface area contributed by atoms with Gasteiger partial charge in [0.2, 0.25) is 5.91 Å². The van der Waals surface area contributed by atoms with Gasteiger partial charge >= 0.3 is 5.97 Å². The number of thiazole rings is 1. The third kappa shape index (κ3) is 5.28. The molecule has 5 rings (SSSR count). The van der Waals surface area contributed by atoms with Crippen molar-refractivity contribution < 1.29 is 14.7 Å². The molecule has 1 amide bonds. The Bertz CT molecular complexity index is 1360. The third-order valence-corrected chi connectivity index (χ3v) is 9.52. The number of piperidine rings is 1. The summed E-state index contributed by atoms with van der Waals surface area (Å²) in [5.41, 5.74) is 6.83. The maximum Gasteiger partial charge on any atom is 0.309 e. The van der Waals surface area contributed by atoms with Crippen LogP contribution in [0.15, 0.2) is 29.6 Å². The number of likely N-dealkylation sites (tertiary alicyclic amines) is 1. The number of hydrogen-bond donors (Lipinski definition) is 1. The number of benzene rings is 1. The van der Waals surface area contributed by atoms with Gasteiger partial charge in [0.05, 0.1) is 22.8 Å². The number of aryl methyl sites for hydroxylation is 1. The summed E-state index contributed by atoms with van der Waals surface area (Å²) in [6.45, 7) is 12.8. The number of aromatic nitrogens is 3. The molecule has 202 valence electrons. The first-order valence-electron chi connectivity index (χ1n) is 13.6. The van der Waals surface area contributed by atoms with Crippen LogP contribution < -0.4 is 0 Å². The molecule has 1 fully saturated rings. The number of carbonyl (C=O) groups excluding carboxylic acids is 1.